The molecule has 1 heterocycles. The van der Waals surface area contributed by atoms with Crippen molar-refractivity contribution in [2.45, 2.75) is 0 Å². The summed E-state index contributed by atoms with van der Waals surface area (Å²) in [6.45, 7) is 0. The Morgan fingerprint density at radius 3 is 2.54 bits per heavy atom. The van der Waals surface area contributed by atoms with Gasteiger partial charge in [0.2, 0.25) is 0 Å². The number of nitrogens with zero attached hydrogens (tertiary/aromatic N) is 4. The van der Waals surface area contributed by atoms with Crippen LogP contribution in [-0.2, 0) is 0 Å². The summed E-state index contributed by atoms with van der Waals surface area (Å²) in [6, 6.07) is 13.2. The van der Waals surface area contributed by atoms with Crippen LogP contribution in [0.15, 0.2) is 58.8 Å². The van der Waals surface area contributed by atoms with E-state index < -0.39 is 4.92 Å². The number of benzene rings is 2. The van der Waals surface area contributed by atoms with Crippen LogP contribution in [0.1, 0.15) is 0 Å². The maximum atomic E-state index is 11.0. The number of nitrogens with two attached hydrogens (primary N) is 1. The Labute approximate surface area is 145 Å². The maximum absolute atomic E-state index is 11.0. The number of rotatable bonds is 4. The van der Waals surface area contributed by atoms with Gasteiger partial charge in [-0.15, -0.1) is 10.2 Å². The Morgan fingerprint density at radius 2 is 1.83 bits per heavy atom. The molecule has 0 bridgehead atoms. The zero-order chi connectivity index (χ0) is 17.1. The molecule has 3 rings (SSSR count). The van der Waals surface area contributed by atoms with Gasteiger partial charge in [0.15, 0.2) is 15.8 Å². The van der Waals surface area contributed by atoms with Crippen molar-refractivity contribution >= 4 is 44.4 Å². The van der Waals surface area contributed by atoms with Crippen molar-refractivity contribution in [2.75, 3.05) is 5.73 Å². The molecule has 120 valence electrons. The number of nitro benzene ring substituents is 1. The molecule has 0 unspecified atom stereocenters. The fourth-order valence-corrected chi connectivity index (χ4v) is 2.80. The molecule has 7 nitrogen and oxygen atoms in total. The van der Waals surface area contributed by atoms with Crippen molar-refractivity contribution in [1.29, 1.82) is 0 Å². The highest BCUT2D eigenvalue weighted by atomic mass is 35.5. The molecule has 0 fully saturated rings. The molecule has 24 heavy (non-hydrogen) atoms. The Kier molecular flexibility index (Phi) is 4.50. The van der Waals surface area contributed by atoms with Gasteiger partial charge >= 0.3 is 0 Å². The number of anilines is 1. The summed E-state index contributed by atoms with van der Waals surface area (Å²) in [6.07, 6.45) is 0. The Hall–Kier alpha value is -2.84. The number of para-hydroxylation sites is 1. The fourth-order valence-electron chi connectivity index (χ4n) is 1.99. The van der Waals surface area contributed by atoms with Crippen molar-refractivity contribution in [3.8, 4) is 11.3 Å². The molecule has 0 amide bonds. The van der Waals surface area contributed by atoms with Crippen LogP contribution in [0, 0.1) is 10.1 Å². The van der Waals surface area contributed by atoms with Gasteiger partial charge in [-0.3, -0.25) is 10.1 Å². The van der Waals surface area contributed by atoms with Gasteiger partial charge < -0.3 is 5.73 Å². The molecule has 1 aromatic heterocycles. The highest BCUT2D eigenvalue weighted by Crippen LogP contribution is 2.39. The standard InChI is InChI=1S/C15H10ClN5O2S/c16-10-7-5-9(6-8-10)13-14(24-15(17)18-13)20-19-11-3-1-2-4-12(11)21(22)23/h1-8H,(H2,17,18). The highest BCUT2D eigenvalue weighted by Gasteiger charge is 2.14. The topological polar surface area (TPSA) is 107 Å². The number of hydrogen-bond acceptors (Lipinski definition) is 7. The van der Waals surface area contributed by atoms with E-state index in [1.165, 1.54) is 12.1 Å². The molecule has 2 N–H and O–H groups in total. The molecular formula is C15H10ClN5O2S. The lowest BCUT2D eigenvalue weighted by molar-refractivity contribution is -0.384. The third-order valence-electron chi connectivity index (χ3n) is 3.07. The first kappa shape index (κ1) is 16.0. The minimum Gasteiger partial charge on any atom is -0.375 e. The maximum Gasteiger partial charge on any atom is 0.296 e. The number of azo groups is 1. The average molecular weight is 360 g/mol. The summed E-state index contributed by atoms with van der Waals surface area (Å²) in [5, 5.41) is 20.5. The molecule has 0 saturated heterocycles. The predicted octanol–water partition coefficient (Wildman–Crippen LogP) is 5.37. The number of hydrogen-bond donors (Lipinski definition) is 1. The Balaban J connectivity index is 2.00. The van der Waals surface area contributed by atoms with Crippen molar-refractivity contribution < 1.29 is 4.92 Å². The number of aromatic nitrogens is 1. The average Bonchev–Trinajstić information content (AvgIpc) is 2.94. The van der Waals surface area contributed by atoms with Crippen LogP contribution in [0.5, 0.6) is 0 Å². The Morgan fingerprint density at radius 1 is 1.12 bits per heavy atom. The van der Waals surface area contributed by atoms with Crippen LogP contribution < -0.4 is 5.73 Å². The molecule has 3 aromatic rings. The third-order valence-corrected chi connectivity index (χ3v) is 4.09. The summed E-state index contributed by atoms with van der Waals surface area (Å²) in [7, 11) is 0. The first-order valence-electron chi connectivity index (χ1n) is 6.72. The predicted molar refractivity (Wildman–Crippen MR) is 94.2 cm³/mol. The molecule has 0 aliphatic carbocycles. The van der Waals surface area contributed by atoms with Gasteiger partial charge in [-0.25, -0.2) is 4.98 Å². The molecule has 0 atom stereocenters. The van der Waals surface area contributed by atoms with Crippen LogP contribution in [0.25, 0.3) is 11.3 Å². The first-order valence-corrected chi connectivity index (χ1v) is 7.91. The lowest BCUT2D eigenvalue weighted by Gasteiger charge is -1.98. The monoisotopic (exact) mass is 359 g/mol. The lowest BCUT2D eigenvalue weighted by Crippen LogP contribution is -1.87. The third kappa shape index (κ3) is 3.39. The molecule has 0 aliphatic heterocycles. The van der Waals surface area contributed by atoms with Crippen molar-refractivity contribution in [1.82, 2.24) is 4.98 Å². The fraction of sp³-hybridized carbons (Fsp3) is 0. The number of nitro groups is 1. The second kappa shape index (κ2) is 6.73. The SMILES string of the molecule is Nc1nc(-c2ccc(Cl)cc2)c(N=Nc2ccccc2[N+](=O)[O-])s1. The van der Waals surface area contributed by atoms with Gasteiger partial charge in [0.25, 0.3) is 5.69 Å². The van der Waals surface area contributed by atoms with Crippen molar-refractivity contribution in [2.24, 2.45) is 10.2 Å². The summed E-state index contributed by atoms with van der Waals surface area (Å²) in [5.74, 6) is 0. The van der Waals surface area contributed by atoms with Crippen LogP contribution >= 0.6 is 22.9 Å². The van der Waals surface area contributed by atoms with E-state index in [4.69, 9.17) is 17.3 Å². The van der Waals surface area contributed by atoms with Crippen LogP contribution in [-0.4, -0.2) is 9.91 Å². The minimum absolute atomic E-state index is 0.119. The normalized spacial score (nSPS) is 11.0. The van der Waals surface area contributed by atoms with Crippen LogP contribution in [0.4, 0.5) is 21.5 Å². The van der Waals surface area contributed by atoms with E-state index in [0.29, 0.717) is 20.8 Å². The molecule has 0 saturated carbocycles. The van der Waals surface area contributed by atoms with E-state index in [9.17, 15) is 10.1 Å². The van der Waals surface area contributed by atoms with Crippen LogP contribution in [0.2, 0.25) is 5.02 Å². The second-order valence-corrected chi connectivity index (χ2v) is 6.10. The van der Waals surface area contributed by atoms with E-state index in [1.807, 2.05) is 0 Å². The first-order chi connectivity index (χ1) is 11.5. The molecule has 9 heteroatoms. The van der Waals surface area contributed by atoms with Crippen LogP contribution in [0.3, 0.4) is 0 Å². The van der Waals surface area contributed by atoms with E-state index in [1.54, 1.807) is 36.4 Å². The van der Waals surface area contributed by atoms with Crippen molar-refractivity contribution in [3.05, 3.63) is 63.7 Å². The van der Waals surface area contributed by atoms with E-state index in [0.717, 1.165) is 16.9 Å². The van der Waals surface area contributed by atoms with Gasteiger partial charge in [0, 0.05) is 16.7 Å². The van der Waals surface area contributed by atoms with Gasteiger partial charge in [-0.05, 0) is 18.2 Å². The van der Waals surface area contributed by atoms with Gasteiger partial charge in [-0.1, -0.05) is 47.2 Å². The molecule has 0 spiro atoms. The zero-order valence-electron chi connectivity index (χ0n) is 12.1. The smallest absolute Gasteiger partial charge is 0.296 e. The van der Waals surface area contributed by atoms with Gasteiger partial charge in [0.05, 0.1) is 4.92 Å². The van der Waals surface area contributed by atoms with E-state index in [2.05, 4.69) is 15.2 Å². The van der Waals surface area contributed by atoms with E-state index >= 15 is 0 Å². The lowest BCUT2D eigenvalue weighted by atomic mass is 10.2. The Bertz CT molecular complexity index is 924. The second-order valence-electron chi connectivity index (χ2n) is 4.66. The molecular weight excluding hydrogens is 350 g/mol. The molecule has 0 aliphatic rings. The summed E-state index contributed by atoms with van der Waals surface area (Å²) in [4.78, 5) is 14.8. The van der Waals surface area contributed by atoms with E-state index in [-0.39, 0.29) is 11.4 Å². The molecule has 2 aromatic carbocycles. The van der Waals surface area contributed by atoms with Crippen molar-refractivity contribution in [3.63, 3.8) is 0 Å². The number of nitrogen functional groups attached to an aromatic ring is 1. The molecule has 0 radical (unpaired) electrons. The summed E-state index contributed by atoms with van der Waals surface area (Å²) in [5.41, 5.74) is 7.14. The largest absolute Gasteiger partial charge is 0.375 e. The van der Waals surface area contributed by atoms with Gasteiger partial charge in [-0.2, -0.15) is 0 Å². The quantitative estimate of drug-likeness (QED) is 0.383. The zero-order valence-corrected chi connectivity index (χ0v) is 13.7. The summed E-state index contributed by atoms with van der Waals surface area (Å²) >= 11 is 7.03. The van der Waals surface area contributed by atoms with Gasteiger partial charge in [0.1, 0.15) is 5.69 Å². The highest BCUT2D eigenvalue weighted by molar-refractivity contribution is 7.19. The summed E-state index contributed by atoms with van der Waals surface area (Å²) < 4.78 is 0. The number of halogens is 1. The number of thiazole rings is 1. The minimum atomic E-state index is -0.504.